The zero-order valence-corrected chi connectivity index (χ0v) is 20.0. The van der Waals surface area contributed by atoms with E-state index in [-0.39, 0.29) is 11.1 Å². The Labute approximate surface area is 204 Å². The highest BCUT2D eigenvalue weighted by Gasteiger charge is 2.20. The summed E-state index contributed by atoms with van der Waals surface area (Å²) in [6.07, 6.45) is 7.65. The number of carbonyl (C=O) groups excluding carboxylic acids is 1. The Bertz CT molecular complexity index is 1470. The minimum absolute atomic E-state index is 0.289. The largest absolute Gasteiger partial charge is 0.494 e. The van der Waals surface area contributed by atoms with Gasteiger partial charge in [0, 0.05) is 28.9 Å². The zero-order valence-electron chi connectivity index (χ0n) is 18.4. The molecule has 1 fully saturated rings. The lowest BCUT2D eigenvalue weighted by Crippen LogP contribution is -2.14. The maximum absolute atomic E-state index is 13.2. The van der Waals surface area contributed by atoms with Crippen LogP contribution >= 0.6 is 22.9 Å². The first-order valence-electron chi connectivity index (χ1n) is 10.6. The number of hydrogen-bond donors (Lipinski definition) is 1. The summed E-state index contributed by atoms with van der Waals surface area (Å²) in [6.45, 7) is 1.85. The molecule has 1 amide bonds. The molecule has 1 saturated carbocycles. The van der Waals surface area contributed by atoms with Crippen LogP contribution in [0.25, 0.3) is 21.6 Å². The number of methoxy groups -OCH3 is 1. The van der Waals surface area contributed by atoms with Gasteiger partial charge in [-0.2, -0.15) is 4.98 Å². The van der Waals surface area contributed by atoms with E-state index < -0.39 is 0 Å². The van der Waals surface area contributed by atoms with Gasteiger partial charge in [-0.1, -0.05) is 34.8 Å². The second-order valence-electron chi connectivity index (χ2n) is 7.81. The number of aromatic nitrogens is 5. The first-order chi connectivity index (χ1) is 16.5. The molecule has 5 rings (SSSR count). The van der Waals surface area contributed by atoms with Crippen molar-refractivity contribution in [3.05, 3.63) is 52.8 Å². The molecule has 0 aliphatic heterocycles. The standard InChI is InChI=1S/C24H19ClN6O2S/c1-13-8-16(17-9-20(25)27-12-19(17)33-2)18(11-26-13)22(32)31-24-30-21-23(34-24)29-15(10-28-21)5-3-4-14-6-7-14/h8-12,14H,5-7H2,1-2H3,(H,28,30,31,32). The highest BCUT2D eigenvalue weighted by Crippen LogP contribution is 2.34. The molecule has 4 aromatic heterocycles. The van der Waals surface area contributed by atoms with Gasteiger partial charge in [-0.15, -0.1) is 0 Å². The van der Waals surface area contributed by atoms with Crippen LogP contribution in [0.1, 0.15) is 34.6 Å². The van der Waals surface area contributed by atoms with Gasteiger partial charge in [0.25, 0.3) is 5.91 Å². The molecule has 4 heterocycles. The number of amides is 1. The molecule has 0 saturated heterocycles. The van der Waals surface area contributed by atoms with Crippen molar-refractivity contribution < 1.29 is 9.53 Å². The molecule has 170 valence electrons. The summed E-state index contributed by atoms with van der Waals surface area (Å²) < 4.78 is 5.43. The summed E-state index contributed by atoms with van der Waals surface area (Å²) in [6, 6.07) is 3.46. The Balaban J connectivity index is 1.42. The maximum Gasteiger partial charge on any atom is 0.259 e. The van der Waals surface area contributed by atoms with Crippen molar-refractivity contribution in [1.82, 2.24) is 24.9 Å². The monoisotopic (exact) mass is 490 g/mol. The predicted molar refractivity (Wildman–Crippen MR) is 131 cm³/mol. The molecule has 1 aliphatic rings. The van der Waals surface area contributed by atoms with Crippen molar-refractivity contribution in [2.24, 2.45) is 5.92 Å². The summed E-state index contributed by atoms with van der Waals surface area (Å²) in [5, 5.41) is 3.53. The van der Waals surface area contributed by atoms with E-state index in [9.17, 15) is 4.79 Å². The normalized spacial score (nSPS) is 12.8. The third kappa shape index (κ3) is 4.83. The molecular formula is C24H19ClN6O2S. The lowest BCUT2D eigenvalue weighted by molar-refractivity contribution is 0.102. The highest BCUT2D eigenvalue weighted by molar-refractivity contribution is 7.21. The van der Waals surface area contributed by atoms with Gasteiger partial charge < -0.3 is 4.74 Å². The molecule has 0 radical (unpaired) electrons. The van der Waals surface area contributed by atoms with Gasteiger partial charge in [0.2, 0.25) is 0 Å². The number of rotatable bonds is 5. The second-order valence-corrected chi connectivity index (χ2v) is 9.18. The quantitative estimate of drug-likeness (QED) is 0.319. The van der Waals surface area contributed by atoms with E-state index in [2.05, 4.69) is 42.1 Å². The summed E-state index contributed by atoms with van der Waals surface area (Å²) >= 11 is 7.38. The second kappa shape index (κ2) is 9.33. The van der Waals surface area contributed by atoms with Crippen molar-refractivity contribution in [2.45, 2.75) is 26.2 Å². The topological polar surface area (TPSA) is 103 Å². The molecular weight excluding hydrogens is 472 g/mol. The van der Waals surface area contributed by atoms with Gasteiger partial charge in [-0.3, -0.25) is 15.1 Å². The summed E-state index contributed by atoms with van der Waals surface area (Å²) in [5.41, 5.74) is 3.62. The molecule has 0 atom stereocenters. The molecule has 34 heavy (non-hydrogen) atoms. The van der Waals surface area contributed by atoms with Crippen LogP contribution in [0.2, 0.25) is 5.15 Å². The summed E-state index contributed by atoms with van der Waals surface area (Å²) in [7, 11) is 1.54. The van der Waals surface area contributed by atoms with E-state index in [4.69, 9.17) is 16.3 Å². The van der Waals surface area contributed by atoms with E-state index in [1.165, 1.54) is 43.7 Å². The Morgan fingerprint density at radius 2 is 2.03 bits per heavy atom. The van der Waals surface area contributed by atoms with Crippen molar-refractivity contribution in [1.29, 1.82) is 0 Å². The molecule has 0 unspecified atom stereocenters. The van der Waals surface area contributed by atoms with Crippen LogP contribution < -0.4 is 10.1 Å². The summed E-state index contributed by atoms with van der Waals surface area (Å²) in [5.74, 6) is 7.06. The average molecular weight is 491 g/mol. The van der Waals surface area contributed by atoms with Crippen molar-refractivity contribution in [3.63, 3.8) is 0 Å². The Morgan fingerprint density at radius 1 is 1.18 bits per heavy atom. The lowest BCUT2D eigenvalue weighted by Gasteiger charge is -2.13. The predicted octanol–water partition coefficient (Wildman–Crippen LogP) is 4.72. The van der Waals surface area contributed by atoms with Gasteiger partial charge in [0.15, 0.2) is 15.6 Å². The molecule has 0 aromatic carbocycles. The number of anilines is 1. The van der Waals surface area contributed by atoms with E-state index in [1.807, 2.05) is 6.92 Å². The van der Waals surface area contributed by atoms with E-state index >= 15 is 0 Å². The molecule has 1 N–H and O–H groups in total. The fraction of sp³-hybridized carbons (Fsp3) is 0.250. The van der Waals surface area contributed by atoms with Gasteiger partial charge in [0.05, 0.1) is 37.2 Å². The SMILES string of the molecule is COc1cnc(Cl)cc1-c1cc(C)ncc1C(=O)Nc1nc2ncc(CC#CC3CC3)nc2s1. The molecule has 8 nitrogen and oxygen atoms in total. The minimum Gasteiger partial charge on any atom is -0.494 e. The van der Waals surface area contributed by atoms with Crippen LogP contribution in [0.5, 0.6) is 5.75 Å². The van der Waals surface area contributed by atoms with Crippen LogP contribution in [0.4, 0.5) is 5.13 Å². The van der Waals surface area contributed by atoms with Gasteiger partial charge >= 0.3 is 0 Å². The number of hydrogen-bond acceptors (Lipinski definition) is 8. The van der Waals surface area contributed by atoms with E-state index in [1.54, 1.807) is 18.3 Å². The van der Waals surface area contributed by atoms with Crippen molar-refractivity contribution in [3.8, 4) is 28.7 Å². The number of fused-ring (bicyclic) bond motifs is 1. The smallest absolute Gasteiger partial charge is 0.259 e. The van der Waals surface area contributed by atoms with Crippen molar-refractivity contribution >= 4 is 44.5 Å². The molecule has 0 spiro atoms. The minimum atomic E-state index is -0.368. The van der Waals surface area contributed by atoms with Crippen LogP contribution in [-0.2, 0) is 6.42 Å². The third-order valence-corrected chi connectivity index (χ3v) is 6.24. The molecule has 10 heteroatoms. The number of halogens is 1. The molecule has 1 aliphatic carbocycles. The number of nitrogens with zero attached hydrogens (tertiary/aromatic N) is 5. The average Bonchev–Trinajstić information content (AvgIpc) is 3.56. The third-order valence-electron chi connectivity index (χ3n) is 5.18. The van der Waals surface area contributed by atoms with Gasteiger partial charge in [0.1, 0.15) is 10.9 Å². The van der Waals surface area contributed by atoms with Crippen LogP contribution in [0, 0.1) is 24.7 Å². The number of pyridine rings is 2. The van der Waals surface area contributed by atoms with Gasteiger partial charge in [-0.25, -0.2) is 15.0 Å². The number of thiazole rings is 1. The van der Waals surface area contributed by atoms with Crippen molar-refractivity contribution in [2.75, 3.05) is 12.4 Å². The number of ether oxygens (including phenoxy) is 1. The van der Waals surface area contributed by atoms with Gasteiger partial charge in [-0.05, 0) is 31.9 Å². The first kappa shape index (κ1) is 22.2. The Morgan fingerprint density at radius 3 is 2.82 bits per heavy atom. The first-order valence-corrected chi connectivity index (χ1v) is 11.8. The zero-order chi connectivity index (χ0) is 23.7. The van der Waals surface area contributed by atoms with E-state index in [0.717, 1.165) is 11.4 Å². The Hall–Kier alpha value is -3.61. The van der Waals surface area contributed by atoms with Crippen LogP contribution in [0.3, 0.4) is 0 Å². The molecule has 0 bridgehead atoms. The highest BCUT2D eigenvalue weighted by atomic mass is 35.5. The van der Waals surface area contributed by atoms with Crippen LogP contribution in [-0.4, -0.2) is 37.9 Å². The lowest BCUT2D eigenvalue weighted by atomic mass is 10.0. The maximum atomic E-state index is 13.2. The summed E-state index contributed by atoms with van der Waals surface area (Å²) in [4.78, 5) is 35.6. The molecule has 4 aromatic rings. The number of carbonyl (C=O) groups is 1. The number of aryl methyl sites for hydroxylation is 1. The fourth-order valence-corrected chi connectivity index (χ4v) is 4.30. The Kier molecular flexibility index (Phi) is 6.09. The van der Waals surface area contributed by atoms with Crippen LogP contribution in [0.15, 0.2) is 30.7 Å². The van der Waals surface area contributed by atoms with E-state index in [0.29, 0.717) is 50.4 Å². The number of nitrogens with one attached hydrogen (secondary N) is 1. The fourth-order valence-electron chi connectivity index (χ4n) is 3.33.